The minimum atomic E-state index is 0.245. The summed E-state index contributed by atoms with van der Waals surface area (Å²) < 4.78 is 2.06. The first kappa shape index (κ1) is 12.4. The number of rotatable bonds is 4. The van der Waals surface area contributed by atoms with Crippen LogP contribution in [0.1, 0.15) is 35.6 Å². The monoisotopic (exact) mass is 225 g/mol. The van der Waals surface area contributed by atoms with Gasteiger partial charge in [-0.25, -0.2) is 0 Å². The second-order valence-electron chi connectivity index (χ2n) is 4.13. The Bertz CT molecular complexity index is 366. The number of Topliss-reactive ketones (excluding diaryl/α,β-unsaturated/α-hetero) is 1. The molecule has 15 heavy (non-hydrogen) atoms. The van der Waals surface area contributed by atoms with Crippen LogP contribution in [0.15, 0.2) is 6.07 Å². The topological polar surface area (TPSA) is 22.0 Å². The molecule has 2 nitrogen and oxygen atoms in total. The smallest absolute Gasteiger partial charge is 0.174 e. The minimum Gasteiger partial charge on any atom is -0.351 e. The molecular weight excluding hydrogens is 206 g/mol. The van der Waals surface area contributed by atoms with Gasteiger partial charge in [-0.3, -0.25) is 4.79 Å². The summed E-state index contributed by atoms with van der Waals surface area (Å²) in [4.78, 5) is 11.9. The van der Waals surface area contributed by atoms with E-state index < -0.39 is 0 Å². The molecule has 1 aromatic heterocycles. The maximum Gasteiger partial charge on any atom is 0.174 e. The standard InChI is InChI=1S/C12H19NOS/c1-8(2)15-7-12(14)11-6-9(3)13(5)10(11)4/h6,8H,7H2,1-5H3. The van der Waals surface area contributed by atoms with Crippen LogP contribution in [0, 0.1) is 13.8 Å². The molecule has 0 aromatic carbocycles. The lowest BCUT2D eigenvalue weighted by atomic mass is 10.2. The van der Waals surface area contributed by atoms with Gasteiger partial charge in [-0.15, -0.1) is 0 Å². The summed E-state index contributed by atoms with van der Waals surface area (Å²) in [6, 6.07) is 1.98. The van der Waals surface area contributed by atoms with Crippen molar-refractivity contribution in [2.75, 3.05) is 5.75 Å². The number of carbonyl (C=O) groups excluding carboxylic acids is 1. The molecule has 0 bridgehead atoms. The van der Waals surface area contributed by atoms with Gasteiger partial charge in [0.25, 0.3) is 0 Å². The van der Waals surface area contributed by atoms with E-state index in [-0.39, 0.29) is 5.78 Å². The molecular formula is C12H19NOS. The number of aryl methyl sites for hydroxylation is 1. The Morgan fingerprint density at radius 2 is 2.07 bits per heavy atom. The first-order valence-corrected chi connectivity index (χ1v) is 6.26. The Morgan fingerprint density at radius 3 is 2.47 bits per heavy atom. The maximum absolute atomic E-state index is 11.9. The predicted molar refractivity (Wildman–Crippen MR) is 66.8 cm³/mol. The molecule has 0 unspecified atom stereocenters. The van der Waals surface area contributed by atoms with Crippen molar-refractivity contribution in [2.45, 2.75) is 32.9 Å². The number of nitrogens with zero attached hydrogens (tertiary/aromatic N) is 1. The molecule has 0 spiro atoms. The van der Waals surface area contributed by atoms with Gasteiger partial charge in [0, 0.05) is 24.0 Å². The molecule has 0 atom stereocenters. The summed E-state index contributed by atoms with van der Waals surface area (Å²) >= 11 is 1.70. The normalized spacial score (nSPS) is 11.1. The highest BCUT2D eigenvalue weighted by Gasteiger charge is 2.14. The SMILES string of the molecule is Cc1cc(C(=O)CSC(C)C)c(C)n1C. The van der Waals surface area contributed by atoms with Crippen molar-refractivity contribution >= 4 is 17.5 Å². The van der Waals surface area contributed by atoms with Gasteiger partial charge in [0.1, 0.15) is 0 Å². The van der Waals surface area contributed by atoms with E-state index in [1.807, 2.05) is 27.0 Å². The third-order valence-corrected chi connectivity index (χ3v) is 3.72. The average Bonchev–Trinajstić information content (AvgIpc) is 2.42. The van der Waals surface area contributed by atoms with Crippen LogP contribution in [-0.2, 0) is 7.05 Å². The number of carbonyl (C=O) groups is 1. The molecule has 0 saturated heterocycles. The van der Waals surface area contributed by atoms with Crippen LogP contribution in [0.5, 0.6) is 0 Å². The lowest BCUT2D eigenvalue weighted by Gasteiger charge is -2.04. The van der Waals surface area contributed by atoms with Gasteiger partial charge in [-0.2, -0.15) is 11.8 Å². The Kier molecular flexibility index (Phi) is 4.03. The Labute approximate surface area is 96.1 Å². The first-order valence-electron chi connectivity index (χ1n) is 5.21. The Balaban J connectivity index is 2.78. The molecule has 0 aliphatic carbocycles. The molecule has 1 heterocycles. The van der Waals surface area contributed by atoms with Crippen LogP contribution < -0.4 is 0 Å². The highest BCUT2D eigenvalue weighted by Crippen LogP contribution is 2.17. The molecule has 0 saturated carbocycles. The number of thioether (sulfide) groups is 1. The minimum absolute atomic E-state index is 0.245. The van der Waals surface area contributed by atoms with Crippen LogP contribution in [-0.4, -0.2) is 21.4 Å². The fourth-order valence-electron chi connectivity index (χ4n) is 1.46. The highest BCUT2D eigenvalue weighted by molar-refractivity contribution is 8.00. The van der Waals surface area contributed by atoms with E-state index in [2.05, 4.69) is 18.4 Å². The van der Waals surface area contributed by atoms with Crippen LogP contribution in [0.2, 0.25) is 0 Å². The van der Waals surface area contributed by atoms with Crippen molar-refractivity contribution in [3.05, 3.63) is 23.0 Å². The predicted octanol–water partition coefficient (Wildman–Crippen LogP) is 2.97. The summed E-state index contributed by atoms with van der Waals surface area (Å²) in [6.45, 7) is 8.25. The zero-order chi connectivity index (χ0) is 11.6. The van der Waals surface area contributed by atoms with Gasteiger partial charge in [0.15, 0.2) is 5.78 Å². The molecule has 0 aliphatic rings. The molecule has 0 amide bonds. The zero-order valence-corrected chi connectivity index (χ0v) is 10.9. The number of hydrogen-bond donors (Lipinski definition) is 0. The van der Waals surface area contributed by atoms with Gasteiger partial charge in [0.2, 0.25) is 0 Å². The molecule has 0 N–H and O–H groups in total. The van der Waals surface area contributed by atoms with Crippen molar-refractivity contribution in [1.29, 1.82) is 0 Å². The molecule has 1 aromatic rings. The molecule has 0 aliphatic heterocycles. The van der Waals surface area contributed by atoms with E-state index in [0.717, 1.165) is 17.0 Å². The zero-order valence-electron chi connectivity index (χ0n) is 10.1. The molecule has 0 radical (unpaired) electrons. The van der Waals surface area contributed by atoms with E-state index in [0.29, 0.717) is 11.0 Å². The number of ketones is 1. The van der Waals surface area contributed by atoms with Crippen molar-refractivity contribution in [1.82, 2.24) is 4.57 Å². The number of aromatic nitrogens is 1. The van der Waals surface area contributed by atoms with Gasteiger partial charge >= 0.3 is 0 Å². The van der Waals surface area contributed by atoms with Crippen molar-refractivity contribution in [2.24, 2.45) is 7.05 Å². The average molecular weight is 225 g/mol. The summed E-state index contributed by atoms with van der Waals surface area (Å²) in [6.07, 6.45) is 0. The fourth-order valence-corrected chi connectivity index (χ4v) is 2.10. The molecule has 84 valence electrons. The Morgan fingerprint density at radius 1 is 1.47 bits per heavy atom. The van der Waals surface area contributed by atoms with Gasteiger partial charge in [-0.05, 0) is 25.2 Å². The van der Waals surface area contributed by atoms with Gasteiger partial charge in [0.05, 0.1) is 5.75 Å². The van der Waals surface area contributed by atoms with Crippen LogP contribution >= 0.6 is 11.8 Å². The first-order chi connectivity index (χ1) is 6.93. The van der Waals surface area contributed by atoms with E-state index in [1.165, 1.54) is 0 Å². The summed E-state index contributed by atoms with van der Waals surface area (Å²) in [5, 5.41) is 0.513. The van der Waals surface area contributed by atoms with Crippen molar-refractivity contribution in [3.8, 4) is 0 Å². The van der Waals surface area contributed by atoms with E-state index >= 15 is 0 Å². The largest absolute Gasteiger partial charge is 0.351 e. The van der Waals surface area contributed by atoms with Crippen molar-refractivity contribution in [3.63, 3.8) is 0 Å². The quantitative estimate of drug-likeness (QED) is 0.735. The summed E-state index contributed by atoms with van der Waals surface area (Å²) in [7, 11) is 2.00. The summed E-state index contributed by atoms with van der Waals surface area (Å²) in [5.41, 5.74) is 3.09. The molecule has 0 fully saturated rings. The van der Waals surface area contributed by atoms with Crippen LogP contribution in [0.3, 0.4) is 0 Å². The van der Waals surface area contributed by atoms with Gasteiger partial charge < -0.3 is 4.57 Å². The Hall–Kier alpha value is -0.700. The van der Waals surface area contributed by atoms with E-state index in [1.54, 1.807) is 11.8 Å². The number of hydrogen-bond acceptors (Lipinski definition) is 2. The third kappa shape index (κ3) is 2.88. The molecule has 3 heteroatoms. The van der Waals surface area contributed by atoms with E-state index in [9.17, 15) is 4.79 Å². The second kappa shape index (κ2) is 4.88. The van der Waals surface area contributed by atoms with E-state index in [4.69, 9.17) is 0 Å². The second-order valence-corrected chi connectivity index (χ2v) is 5.69. The maximum atomic E-state index is 11.9. The van der Waals surface area contributed by atoms with Gasteiger partial charge in [-0.1, -0.05) is 13.8 Å². The third-order valence-electron chi connectivity index (χ3n) is 2.62. The lowest BCUT2D eigenvalue weighted by molar-refractivity contribution is 0.102. The van der Waals surface area contributed by atoms with Crippen LogP contribution in [0.4, 0.5) is 0 Å². The fraction of sp³-hybridized carbons (Fsp3) is 0.583. The lowest BCUT2D eigenvalue weighted by Crippen LogP contribution is -2.06. The highest BCUT2D eigenvalue weighted by atomic mass is 32.2. The van der Waals surface area contributed by atoms with Crippen molar-refractivity contribution < 1.29 is 4.79 Å². The van der Waals surface area contributed by atoms with Crippen LogP contribution in [0.25, 0.3) is 0 Å². The summed E-state index contributed by atoms with van der Waals surface area (Å²) in [5.74, 6) is 0.831. The molecule has 1 rings (SSSR count).